The third-order valence-corrected chi connectivity index (χ3v) is 6.26. The molecule has 116 valence electrons. The number of hydrogen-bond donors (Lipinski definition) is 1. The van der Waals surface area contributed by atoms with Gasteiger partial charge in [-0.3, -0.25) is 9.48 Å². The lowest BCUT2D eigenvalue weighted by atomic mass is 9.71. The van der Waals surface area contributed by atoms with Gasteiger partial charge >= 0.3 is 0 Å². The molecule has 1 aliphatic rings. The second-order valence-electron chi connectivity index (χ2n) is 5.95. The zero-order valence-corrected chi connectivity index (χ0v) is 14.5. The summed E-state index contributed by atoms with van der Waals surface area (Å²) in [6.07, 6.45) is 5.27. The third kappa shape index (κ3) is 2.19. The first-order chi connectivity index (χ1) is 10.4. The molecule has 1 N–H and O–H groups in total. The van der Waals surface area contributed by atoms with Crippen molar-refractivity contribution in [3.05, 3.63) is 29.3 Å². The third-order valence-electron chi connectivity index (χ3n) is 3.91. The van der Waals surface area contributed by atoms with Crippen molar-refractivity contribution in [2.24, 2.45) is 12.5 Å². The molecule has 0 aromatic carbocycles. The second kappa shape index (κ2) is 5.24. The standard InChI is InChI=1S/C15H17N3O2S2/c1-15(2)5-8-10(11(20)9(15)6-19)14(21-4)22-12(8)13-16-7-18(3)17-13/h6-7,19H,5H2,1-4H3. The van der Waals surface area contributed by atoms with Crippen LogP contribution in [0.3, 0.4) is 0 Å². The Morgan fingerprint density at radius 1 is 1.50 bits per heavy atom. The van der Waals surface area contributed by atoms with E-state index in [1.807, 2.05) is 27.2 Å². The van der Waals surface area contributed by atoms with E-state index in [4.69, 9.17) is 0 Å². The zero-order chi connectivity index (χ0) is 16.1. The number of hydrogen-bond acceptors (Lipinski definition) is 6. The molecule has 0 saturated carbocycles. The second-order valence-corrected chi connectivity index (χ2v) is 8.05. The first-order valence-corrected chi connectivity index (χ1v) is 8.88. The monoisotopic (exact) mass is 335 g/mol. The molecule has 2 aromatic heterocycles. The molecule has 0 bridgehead atoms. The molecule has 3 rings (SSSR count). The van der Waals surface area contributed by atoms with Gasteiger partial charge in [0.15, 0.2) is 11.6 Å². The van der Waals surface area contributed by atoms with E-state index in [9.17, 15) is 9.90 Å². The maximum atomic E-state index is 12.8. The number of aliphatic hydroxyl groups excluding tert-OH is 1. The molecule has 7 heteroatoms. The molecule has 0 fully saturated rings. The van der Waals surface area contributed by atoms with Crippen LogP contribution in [-0.4, -0.2) is 31.9 Å². The number of fused-ring (bicyclic) bond motifs is 1. The molecular weight excluding hydrogens is 318 g/mol. The maximum Gasteiger partial charge on any atom is 0.194 e. The number of carbonyl (C=O) groups excluding carboxylic acids is 1. The summed E-state index contributed by atoms with van der Waals surface area (Å²) in [5.74, 6) is 0.570. The van der Waals surface area contributed by atoms with Gasteiger partial charge in [0.1, 0.15) is 6.33 Å². The number of aromatic nitrogens is 3. The summed E-state index contributed by atoms with van der Waals surface area (Å²) in [4.78, 5) is 18.1. The highest BCUT2D eigenvalue weighted by atomic mass is 32.2. The molecule has 0 atom stereocenters. The Hall–Kier alpha value is -1.60. The summed E-state index contributed by atoms with van der Waals surface area (Å²) in [6, 6.07) is 0. The van der Waals surface area contributed by atoms with Gasteiger partial charge in [0, 0.05) is 18.0 Å². The van der Waals surface area contributed by atoms with Crippen LogP contribution in [0.4, 0.5) is 0 Å². The number of ketones is 1. The van der Waals surface area contributed by atoms with Crippen LogP contribution in [0.15, 0.2) is 22.4 Å². The molecule has 2 aromatic rings. The van der Waals surface area contributed by atoms with Crippen molar-refractivity contribution >= 4 is 28.9 Å². The fourth-order valence-electron chi connectivity index (χ4n) is 2.82. The maximum absolute atomic E-state index is 12.8. The Balaban J connectivity index is 2.25. The van der Waals surface area contributed by atoms with Gasteiger partial charge < -0.3 is 5.11 Å². The minimum atomic E-state index is -0.404. The van der Waals surface area contributed by atoms with Crippen molar-refractivity contribution < 1.29 is 9.90 Å². The number of rotatable bonds is 2. The van der Waals surface area contributed by atoms with Crippen molar-refractivity contribution in [2.75, 3.05) is 6.26 Å². The van der Waals surface area contributed by atoms with Crippen LogP contribution in [0.1, 0.15) is 29.8 Å². The Morgan fingerprint density at radius 3 is 2.77 bits per heavy atom. The van der Waals surface area contributed by atoms with E-state index in [-0.39, 0.29) is 5.78 Å². The van der Waals surface area contributed by atoms with E-state index in [2.05, 4.69) is 10.1 Å². The number of aryl methyl sites for hydroxylation is 1. The number of allylic oxidation sites excluding steroid dienone is 1. The van der Waals surface area contributed by atoms with Crippen molar-refractivity contribution in [2.45, 2.75) is 24.5 Å². The van der Waals surface area contributed by atoms with Crippen LogP contribution >= 0.6 is 23.1 Å². The summed E-state index contributed by atoms with van der Waals surface area (Å²) in [7, 11) is 1.83. The molecular formula is C15H17N3O2S2. The average molecular weight is 335 g/mol. The van der Waals surface area contributed by atoms with Crippen LogP contribution in [0, 0.1) is 5.41 Å². The summed E-state index contributed by atoms with van der Waals surface area (Å²) in [5, 5.41) is 13.9. The predicted molar refractivity (Wildman–Crippen MR) is 88.6 cm³/mol. The minimum Gasteiger partial charge on any atom is -0.515 e. The van der Waals surface area contributed by atoms with E-state index < -0.39 is 5.41 Å². The van der Waals surface area contributed by atoms with Gasteiger partial charge in [-0.15, -0.1) is 23.1 Å². The summed E-state index contributed by atoms with van der Waals surface area (Å²) in [5.41, 5.74) is 1.77. The lowest BCUT2D eigenvalue weighted by Gasteiger charge is -2.31. The normalized spacial score (nSPS) is 18.7. The molecule has 0 aliphatic heterocycles. The highest BCUT2D eigenvalue weighted by Crippen LogP contribution is 2.49. The fraction of sp³-hybridized carbons (Fsp3) is 0.400. The van der Waals surface area contributed by atoms with Crippen LogP contribution < -0.4 is 0 Å². The summed E-state index contributed by atoms with van der Waals surface area (Å²) >= 11 is 3.10. The first kappa shape index (κ1) is 15.3. The van der Waals surface area contributed by atoms with E-state index in [0.717, 1.165) is 20.9 Å². The molecule has 1 aliphatic carbocycles. The average Bonchev–Trinajstić information content (AvgIpc) is 3.01. The van der Waals surface area contributed by atoms with Gasteiger partial charge in [-0.1, -0.05) is 13.8 Å². The number of aliphatic hydroxyl groups is 1. The Labute approximate surface area is 137 Å². The van der Waals surface area contributed by atoms with Crippen LogP contribution in [0.2, 0.25) is 0 Å². The van der Waals surface area contributed by atoms with Crippen LogP contribution in [0.5, 0.6) is 0 Å². The quantitative estimate of drug-likeness (QED) is 0.517. The molecule has 0 radical (unpaired) electrons. The minimum absolute atomic E-state index is 0.0865. The van der Waals surface area contributed by atoms with Gasteiger partial charge in [0.25, 0.3) is 0 Å². The van der Waals surface area contributed by atoms with Gasteiger partial charge in [0.2, 0.25) is 0 Å². The topological polar surface area (TPSA) is 68.0 Å². The Bertz CT molecular complexity index is 787. The number of thiophene rings is 1. The SMILES string of the molecule is CSc1sc(-c2ncn(C)n2)c2c1C(=O)C(=CO)C(C)(C)C2. The highest BCUT2D eigenvalue weighted by Gasteiger charge is 2.41. The van der Waals surface area contributed by atoms with E-state index in [1.165, 1.54) is 0 Å². The highest BCUT2D eigenvalue weighted by molar-refractivity contribution is 8.00. The Kier molecular flexibility index (Phi) is 3.65. The smallest absolute Gasteiger partial charge is 0.194 e. The summed E-state index contributed by atoms with van der Waals surface area (Å²) in [6.45, 7) is 3.95. The van der Waals surface area contributed by atoms with Gasteiger partial charge in [-0.25, -0.2) is 4.98 Å². The van der Waals surface area contributed by atoms with Crippen molar-refractivity contribution in [3.63, 3.8) is 0 Å². The van der Waals surface area contributed by atoms with E-state index in [1.54, 1.807) is 34.1 Å². The molecule has 0 amide bonds. The molecule has 5 nitrogen and oxygen atoms in total. The molecule has 0 unspecified atom stereocenters. The molecule has 2 heterocycles. The largest absolute Gasteiger partial charge is 0.515 e. The van der Waals surface area contributed by atoms with Crippen molar-refractivity contribution in [1.29, 1.82) is 0 Å². The lowest BCUT2D eigenvalue weighted by molar-refractivity contribution is 0.0988. The number of carbonyl (C=O) groups is 1. The van der Waals surface area contributed by atoms with E-state index >= 15 is 0 Å². The van der Waals surface area contributed by atoms with Gasteiger partial charge in [0.05, 0.1) is 20.9 Å². The van der Waals surface area contributed by atoms with Crippen LogP contribution in [-0.2, 0) is 13.5 Å². The van der Waals surface area contributed by atoms with Crippen molar-refractivity contribution in [1.82, 2.24) is 14.8 Å². The first-order valence-electron chi connectivity index (χ1n) is 6.84. The number of Topliss-reactive ketones (excluding diaryl/α,β-unsaturated/α-hetero) is 1. The van der Waals surface area contributed by atoms with Crippen LogP contribution in [0.25, 0.3) is 10.7 Å². The fourth-order valence-corrected chi connectivity index (χ4v) is 4.81. The number of thioether (sulfide) groups is 1. The van der Waals surface area contributed by atoms with Gasteiger partial charge in [-0.05, 0) is 18.2 Å². The Morgan fingerprint density at radius 2 is 2.23 bits per heavy atom. The van der Waals surface area contributed by atoms with E-state index in [0.29, 0.717) is 23.4 Å². The number of nitrogens with zero attached hydrogens (tertiary/aromatic N) is 3. The van der Waals surface area contributed by atoms with Crippen molar-refractivity contribution in [3.8, 4) is 10.7 Å². The zero-order valence-electron chi connectivity index (χ0n) is 12.9. The lowest BCUT2D eigenvalue weighted by Crippen LogP contribution is -2.30. The summed E-state index contributed by atoms with van der Waals surface area (Å²) < 4.78 is 2.62. The predicted octanol–water partition coefficient (Wildman–Crippen LogP) is 3.47. The molecule has 22 heavy (non-hydrogen) atoms. The molecule has 0 spiro atoms. The van der Waals surface area contributed by atoms with Gasteiger partial charge in [-0.2, -0.15) is 5.10 Å². The molecule has 0 saturated heterocycles.